The number of rotatable bonds is 6. The summed E-state index contributed by atoms with van der Waals surface area (Å²) in [7, 11) is 0. The molecule has 34 heavy (non-hydrogen) atoms. The number of benzene rings is 2. The summed E-state index contributed by atoms with van der Waals surface area (Å²) in [6.07, 6.45) is 5.72. The third-order valence-electron chi connectivity index (χ3n) is 6.22. The summed E-state index contributed by atoms with van der Waals surface area (Å²) in [5, 5.41) is 3.17. The summed E-state index contributed by atoms with van der Waals surface area (Å²) >= 11 is 0. The minimum absolute atomic E-state index is 0.112. The summed E-state index contributed by atoms with van der Waals surface area (Å²) < 4.78 is 11.3. The van der Waals surface area contributed by atoms with E-state index in [9.17, 15) is 9.59 Å². The van der Waals surface area contributed by atoms with Gasteiger partial charge in [0.05, 0.1) is 5.69 Å². The van der Waals surface area contributed by atoms with Gasteiger partial charge in [-0.25, -0.2) is 0 Å². The Kier molecular flexibility index (Phi) is 6.42. The largest absolute Gasteiger partial charge is 0.486 e. The summed E-state index contributed by atoms with van der Waals surface area (Å²) in [4.78, 5) is 33.7. The highest BCUT2D eigenvalue weighted by molar-refractivity contribution is 6.10. The smallest absolute Gasteiger partial charge is 0.259 e. The lowest BCUT2D eigenvalue weighted by Crippen LogP contribution is -2.46. The van der Waals surface area contributed by atoms with Crippen LogP contribution in [0, 0.1) is 0 Å². The van der Waals surface area contributed by atoms with Gasteiger partial charge in [0.1, 0.15) is 13.2 Å². The first kappa shape index (κ1) is 21.9. The molecule has 1 aromatic heterocycles. The summed E-state index contributed by atoms with van der Waals surface area (Å²) in [6.45, 7) is 0.896. The van der Waals surface area contributed by atoms with E-state index < -0.39 is 6.04 Å². The van der Waals surface area contributed by atoms with Crippen LogP contribution in [0.15, 0.2) is 72.9 Å². The molecule has 1 N–H and O–H groups in total. The van der Waals surface area contributed by atoms with Gasteiger partial charge in [-0.05, 0) is 55.3 Å². The van der Waals surface area contributed by atoms with Crippen LogP contribution in [0.2, 0.25) is 0 Å². The van der Waals surface area contributed by atoms with Gasteiger partial charge in [-0.2, -0.15) is 0 Å². The van der Waals surface area contributed by atoms with E-state index in [2.05, 4.69) is 10.3 Å². The number of pyridine rings is 1. The van der Waals surface area contributed by atoms with Gasteiger partial charge < -0.3 is 14.8 Å². The van der Waals surface area contributed by atoms with Crippen LogP contribution in [-0.2, 0) is 4.79 Å². The molecule has 2 heterocycles. The maximum Gasteiger partial charge on any atom is 0.259 e. The van der Waals surface area contributed by atoms with Gasteiger partial charge in [-0.3, -0.25) is 19.5 Å². The maximum atomic E-state index is 14.0. The lowest BCUT2D eigenvalue weighted by Gasteiger charge is -2.32. The normalized spacial score (nSPS) is 16.0. The van der Waals surface area contributed by atoms with Gasteiger partial charge in [0.25, 0.3) is 5.91 Å². The van der Waals surface area contributed by atoms with Crippen LogP contribution in [0.25, 0.3) is 0 Å². The van der Waals surface area contributed by atoms with Crippen molar-refractivity contribution in [1.82, 2.24) is 10.3 Å². The highest BCUT2D eigenvalue weighted by atomic mass is 16.6. The Balaban J connectivity index is 1.57. The first-order valence-electron chi connectivity index (χ1n) is 11.7. The topological polar surface area (TPSA) is 80.8 Å². The summed E-state index contributed by atoms with van der Waals surface area (Å²) in [5.74, 6) is 0.574. The Labute approximate surface area is 198 Å². The molecule has 2 amide bonds. The van der Waals surface area contributed by atoms with Crippen LogP contribution >= 0.6 is 0 Å². The van der Waals surface area contributed by atoms with Crippen molar-refractivity contribution in [2.75, 3.05) is 18.1 Å². The second-order valence-electron chi connectivity index (χ2n) is 8.52. The van der Waals surface area contributed by atoms with E-state index in [4.69, 9.17) is 9.47 Å². The number of hydrogen-bond acceptors (Lipinski definition) is 5. The second-order valence-corrected chi connectivity index (χ2v) is 8.52. The highest BCUT2D eigenvalue weighted by Crippen LogP contribution is 2.34. The standard InChI is InChI=1S/C27H27N3O4/c31-26(29-20-8-4-5-9-20)25(22-12-6-7-15-28-22)30(21-10-2-1-3-11-21)27(32)19-13-14-23-24(18-19)34-17-16-33-23/h1-3,6-7,10-15,18,20,25H,4-5,8-9,16-17H2,(H,29,31)/t25-/m1/s1. The molecule has 2 aromatic carbocycles. The fraction of sp³-hybridized carbons (Fsp3) is 0.296. The number of anilines is 1. The molecule has 0 unspecified atom stereocenters. The number of hydrogen-bond donors (Lipinski definition) is 1. The van der Waals surface area contributed by atoms with E-state index in [0.29, 0.717) is 41.7 Å². The van der Waals surface area contributed by atoms with Gasteiger partial charge in [0.15, 0.2) is 17.5 Å². The molecule has 0 spiro atoms. The lowest BCUT2D eigenvalue weighted by molar-refractivity contribution is -0.123. The zero-order valence-electron chi connectivity index (χ0n) is 18.9. The Morgan fingerprint density at radius 3 is 2.38 bits per heavy atom. The molecule has 174 valence electrons. The van der Waals surface area contributed by atoms with E-state index in [1.807, 2.05) is 36.4 Å². The average molecular weight is 458 g/mol. The molecule has 7 nitrogen and oxygen atoms in total. The van der Waals surface area contributed by atoms with Gasteiger partial charge in [-0.15, -0.1) is 0 Å². The van der Waals surface area contributed by atoms with E-state index in [-0.39, 0.29) is 17.9 Å². The first-order valence-corrected chi connectivity index (χ1v) is 11.7. The SMILES string of the molecule is O=C(NC1CCCC1)[C@@H](c1ccccn1)N(C(=O)c1ccc2c(c1)OCCO2)c1ccccc1. The predicted octanol–water partition coefficient (Wildman–Crippen LogP) is 4.30. The molecular formula is C27H27N3O4. The number of aromatic nitrogens is 1. The van der Waals surface area contributed by atoms with Crippen LogP contribution in [0.5, 0.6) is 11.5 Å². The number of nitrogens with zero attached hydrogens (tertiary/aromatic N) is 2. The Morgan fingerprint density at radius 1 is 0.912 bits per heavy atom. The molecule has 0 radical (unpaired) electrons. The Morgan fingerprint density at radius 2 is 1.65 bits per heavy atom. The monoisotopic (exact) mass is 457 g/mol. The minimum atomic E-state index is -0.926. The molecule has 0 saturated heterocycles. The summed E-state index contributed by atoms with van der Waals surface area (Å²) in [6, 6.07) is 19.0. The van der Waals surface area contributed by atoms with Crippen molar-refractivity contribution in [2.45, 2.75) is 37.8 Å². The lowest BCUT2D eigenvalue weighted by atomic mass is 10.0. The third-order valence-corrected chi connectivity index (χ3v) is 6.22. The molecule has 1 atom stereocenters. The molecular weight excluding hydrogens is 430 g/mol. The van der Waals surface area contributed by atoms with E-state index in [1.54, 1.807) is 36.5 Å². The van der Waals surface area contributed by atoms with Gasteiger partial charge in [-0.1, -0.05) is 37.1 Å². The minimum Gasteiger partial charge on any atom is -0.486 e. The second kappa shape index (κ2) is 9.95. The van der Waals surface area contributed by atoms with Crippen molar-refractivity contribution in [3.63, 3.8) is 0 Å². The number of ether oxygens (including phenoxy) is 2. The molecule has 1 aliphatic heterocycles. The fourth-order valence-electron chi connectivity index (χ4n) is 4.56. The molecule has 7 heteroatoms. The van der Waals surface area contributed by atoms with E-state index >= 15 is 0 Å². The summed E-state index contributed by atoms with van der Waals surface area (Å²) in [5.41, 5.74) is 1.52. The Bertz CT molecular complexity index is 1150. The fourth-order valence-corrected chi connectivity index (χ4v) is 4.56. The zero-order chi connectivity index (χ0) is 23.3. The number of fused-ring (bicyclic) bond motifs is 1. The van der Waals surface area contributed by atoms with Crippen LogP contribution in [0.4, 0.5) is 5.69 Å². The van der Waals surface area contributed by atoms with Crippen LogP contribution < -0.4 is 19.7 Å². The van der Waals surface area contributed by atoms with E-state index in [0.717, 1.165) is 25.7 Å². The highest BCUT2D eigenvalue weighted by Gasteiger charge is 2.36. The number of para-hydroxylation sites is 1. The third kappa shape index (κ3) is 4.59. The number of carbonyl (C=O) groups excluding carboxylic acids is 2. The molecule has 3 aromatic rings. The van der Waals surface area contributed by atoms with Crippen molar-refractivity contribution in [3.8, 4) is 11.5 Å². The molecule has 2 aliphatic rings. The molecule has 5 rings (SSSR count). The van der Waals surface area contributed by atoms with Crippen LogP contribution in [0.1, 0.15) is 47.8 Å². The number of amides is 2. The average Bonchev–Trinajstić information content (AvgIpc) is 3.40. The van der Waals surface area contributed by atoms with Crippen molar-refractivity contribution >= 4 is 17.5 Å². The number of carbonyl (C=O) groups is 2. The Hall–Kier alpha value is -3.87. The van der Waals surface area contributed by atoms with Crippen molar-refractivity contribution in [3.05, 3.63) is 84.2 Å². The van der Waals surface area contributed by atoms with E-state index in [1.165, 1.54) is 4.90 Å². The van der Waals surface area contributed by atoms with Crippen LogP contribution in [-0.4, -0.2) is 36.1 Å². The van der Waals surface area contributed by atoms with Crippen molar-refractivity contribution in [2.24, 2.45) is 0 Å². The quantitative estimate of drug-likeness (QED) is 0.597. The van der Waals surface area contributed by atoms with Gasteiger partial charge in [0, 0.05) is 23.5 Å². The van der Waals surface area contributed by atoms with Crippen molar-refractivity contribution in [1.29, 1.82) is 0 Å². The molecule has 1 aliphatic carbocycles. The van der Waals surface area contributed by atoms with Gasteiger partial charge in [0.2, 0.25) is 5.91 Å². The number of nitrogens with one attached hydrogen (secondary N) is 1. The molecule has 1 saturated carbocycles. The maximum absolute atomic E-state index is 14.0. The van der Waals surface area contributed by atoms with Crippen LogP contribution in [0.3, 0.4) is 0 Å². The first-order chi connectivity index (χ1) is 16.7. The zero-order valence-corrected chi connectivity index (χ0v) is 18.9. The van der Waals surface area contributed by atoms with Crippen molar-refractivity contribution < 1.29 is 19.1 Å². The predicted molar refractivity (Wildman–Crippen MR) is 128 cm³/mol. The molecule has 0 bridgehead atoms. The molecule has 1 fully saturated rings. The van der Waals surface area contributed by atoms with Gasteiger partial charge >= 0.3 is 0 Å².